The van der Waals surface area contributed by atoms with Crippen LogP contribution in [-0.4, -0.2) is 45.4 Å². The summed E-state index contributed by atoms with van der Waals surface area (Å²) >= 11 is 0. The number of carbonyl (C=O) groups excluding carboxylic acids is 3. The third-order valence-electron chi connectivity index (χ3n) is 7.82. The molecule has 1 heterocycles. The number of aliphatic carboxylic acids is 1. The number of hydrogen-bond acceptors (Lipinski definition) is 4. The van der Waals surface area contributed by atoms with Gasteiger partial charge in [0.15, 0.2) is 0 Å². The minimum Gasteiger partial charge on any atom is -0.481 e. The minimum absolute atomic E-state index is 0.0959. The van der Waals surface area contributed by atoms with Gasteiger partial charge in [-0.25, -0.2) is 0 Å². The minimum atomic E-state index is -1.03. The van der Waals surface area contributed by atoms with Gasteiger partial charge in [-0.2, -0.15) is 0 Å². The predicted molar refractivity (Wildman–Crippen MR) is 174 cm³/mol. The first-order valence-corrected chi connectivity index (χ1v) is 15.0. The van der Waals surface area contributed by atoms with Crippen LogP contribution in [0.2, 0.25) is 0 Å². The number of amides is 3. The lowest BCUT2D eigenvalue weighted by molar-refractivity contribution is -0.137. The van der Waals surface area contributed by atoms with Crippen molar-refractivity contribution in [2.75, 3.05) is 0 Å². The van der Waals surface area contributed by atoms with Crippen LogP contribution in [0.5, 0.6) is 0 Å². The van der Waals surface area contributed by atoms with Gasteiger partial charge in [0.25, 0.3) is 5.91 Å². The van der Waals surface area contributed by atoms with Gasteiger partial charge < -0.3 is 26.0 Å². The topological polar surface area (TPSA) is 144 Å². The molecular weight excluding hydrogens is 568 g/mol. The molecule has 5 N–H and O–H groups in total. The van der Waals surface area contributed by atoms with E-state index in [-0.39, 0.29) is 25.7 Å². The Morgan fingerprint density at radius 1 is 0.800 bits per heavy atom. The fourth-order valence-corrected chi connectivity index (χ4v) is 5.67. The van der Waals surface area contributed by atoms with Gasteiger partial charge in [0.05, 0.1) is 5.56 Å². The standard InChI is InChI=1S/C36H36N4O5/c37-33(41)21-28(20-25-17-18-26-11-4-5-12-27(26)19-25)38-36(45)31(14-8-16-34(42)43)39-35(44)30-23-40(22-24-9-2-1-3-10-24)32-15-7-6-13-29(30)32/h1-7,9-13,15,17-19,23,28,31H,8,14,16,20-22H2,(H2,37,41)(H,38,45)(H,39,44)(H,42,43)/t28-,31-/m0/s1. The summed E-state index contributed by atoms with van der Waals surface area (Å²) in [6, 6.07) is 29.6. The van der Waals surface area contributed by atoms with Crippen molar-refractivity contribution in [2.45, 2.75) is 50.7 Å². The zero-order valence-electron chi connectivity index (χ0n) is 24.8. The first-order valence-electron chi connectivity index (χ1n) is 15.0. The Hall–Kier alpha value is -5.44. The molecule has 4 aromatic carbocycles. The van der Waals surface area contributed by atoms with Crippen molar-refractivity contribution in [3.8, 4) is 0 Å². The van der Waals surface area contributed by atoms with Gasteiger partial charge in [0.1, 0.15) is 6.04 Å². The van der Waals surface area contributed by atoms with E-state index >= 15 is 0 Å². The van der Waals surface area contributed by atoms with Gasteiger partial charge in [-0.15, -0.1) is 0 Å². The van der Waals surface area contributed by atoms with E-state index < -0.39 is 35.8 Å². The van der Waals surface area contributed by atoms with Gasteiger partial charge in [0.2, 0.25) is 11.8 Å². The molecule has 0 fully saturated rings. The van der Waals surface area contributed by atoms with Gasteiger partial charge >= 0.3 is 5.97 Å². The Morgan fingerprint density at radius 2 is 1.51 bits per heavy atom. The number of nitrogens with two attached hydrogens (primary N) is 1. The summed E-state index contributed by atoms with van der Waals surface area (Å²) in [4.78, 5) is 50.6. The largest absolute Gasteiger partial charge is 0.481 e. The normalized spacial score (nSPS) is 12.4. The van der Waals surface area contributed by atoms with Gasteiger partial charge in [-0.3, -0.25) is 19.2 Å². The molecular formula is C36H36N4O5. The highest BCUT2D eigenvalue weighted by Crippen LogP contribution is 2.23. The molecule has 0 aliphatic rings. The second kappa shape index (κ2) is 14.4. The quantitative estimate of drug-likeness (QED) is 0.144. The van der Waals surface area contributed by atoms with Crippen LogP contribution in [0.15, 0.2) is 103 Å². The highest BCUT2D eigenvalue weighted by molar-refractivity contribution is 6.08. The van der Waals surface area contributed by atoms with Crippen LogP contribution < -0.4 is 16.4 Å². The summed E-state index contributed by atoms with van der Waals surface area (Å²) in [5, 5.41) is 17.8. The summed E-state index contributed by atoms with van der Waals surface area (Å²) in [5.74, 6) is -2.52. The van der Waals surface area contributed by atoms with Crippen LogP contribution >= 0.6 is 0 Å². The second-order valence-corrected chi connectivity index (χ2v) is 11.2. The molecule has 1 aromatic heterocycles. The SMILES string of the molecule is NC(=O)C[C@H](Cc1ccc2ccccc2c1)NC(=O)[C@H](CCCC(=O)O)NC(=O)c1cn(Cc2ccccc2)c2ccccc12. The second-order valence-electron chi connectivity index (χ2n) is 11.2. The first-order chi connectivity index (χ1) is 21.8. The Labute approximate surface area is 261 Å². The number of primary amides is 1. The zero-order valence-corrected chi connectivity index (χ0v) is 24.8. The van der Waals surface area contributed by atoms with Crippen molar-refractivity contribution >= 4 is 45.4 Å². The Kier molecular flexibility index (Phi) is 9.89. The fraction of sp³-hybridized carbons (Fsp3) is 0.222. The van der Waals surface area contributed by atoms with E-state index in [2.05, 4.69) is 10.6 Å². The molecule has 0 aliphatic heterocycles. The molecule has 2 atom stereocenters. The first kappa shape index (κ1) is 31.0. The molecule has 0 aliphatic carbocycles. The molecule has 230 valence electrons. The van der Waals surface area contributed by atoms with Crippen molar-refractivity contribution in [3.05, 3.63) is 120 Å². The van der Waals surface area contributed by atoms with E-state index in [1.54, 1.807) is 6.20 Å². The molecule has 5 aromatic rings. The monoisotopic (exact) mass is 604 g/mol. The van der Waals surface area contributed by atoms with E-state index in [1.165, 1.54) is 0 Å². The molecule has 5 rings (SSSR count). The van der Waals surface area contributed by atoms with Crippen LogP contribution in [0.1, 0.15) is 47.2 Å². The van der Waals surface area contributed by atoms with Crippen LogP contribution in [0.25, 0.3) is 21.7 Å². The molecule has 0 unspecified atom stereocenters. The van der Waals surface area contributed by atoms with Gasteiger partial charge in [-0.1, -0.05) is 91.0 Å². The Morgan fingerprint density at radius 3 is 2.27 bits per heavy atom. The van der Waals surface area contributed by atoms with Gasteiger partial charge in [-0.05, 0) is 47.2 Å². The number of fused-ring (bicyclic) bond motifs is 2. The third kappa shape index (κ3) is 8.14. The summed E-state index contributed by atoms with van der Waals surface area (Å²) < 4.78 is 1.99. The van der Waals surface area contributed by atoms with Crippen molar-refractivity contribution in [1.29, 1.82) is 0 Å². The number of carbonyl (C=O) groups is 4. The van der Waals surface area contributed by atoms with Crippen molar-refractivity contribution in [3.63, 3.8) is 0 Å². The maximum Gasteiger partial charge on any atom is 0.303 e. The molecule has 45 heavy (non-hydrogen) atoms. The van der Waals surface area contributed by atoms with Crippen LogP contribution in [-0.2, 0) is 27.3 Å². The number of benzene rings is 4. The summed E-state index contributed by atoms with van der Waals surface area (Å²) in [5.41, 5.74) is 8.81. The lowest BCUT2D eigenvalue weighted by atomic mass is 9.99. The lowest BCUT2D eigenvalue weighted by Gasteiger charge is -2.23. The van der Waals surface area contributed by atoms with E-state index in [0.717, 1.165) is 32.8 Å². The highest BCUT2D eigenvalue weighted by Gasteiger charge is 2.26. The Balaban J connectivity index is 1.36. The zero-order chi connectivity index (χ0) is 31.8. The summed E-state index contributed by atoms with van der Waals surface area (Å²) in [7, 11) is 0. The molecule has 9 nitrogen and oxygen atoms in total. The van der Waals surface area contributed by atoms with Crippen molar-refractivity contribution < 1.29 is 24.3 Å². The highest BCUT2D eigenvalue weighted by atomic mass is 16.4. The van der Waals surface area contributed by atoms with E-state index in [9.17, 15) is 24.3 Å². The lowest BCUT2D eigenvalue weighted by Crippen LogP contribution is -2.50. The number of rotatable bonds is 14. The average molecular weight is 605 g/mol. The maximum atomic E-state index is 13.7. The molecule has 9 heteroatoms. The number of carboxylic acids is 1. The molecule has 0 radical (unpaired) electrons. The van der Waals surface area contributed by atoms with E-state index in [4.69, 9.17) is 5.73 Å². The number of hydrogen-bond donors (Lipinski definition) is 4. The molecule has 0 saturated heterocycles. The molecule has 0 bridgehead atoms. The summed E-state index contributed by atoms with van der Waals surface area (Å²) in [6.07, 6.45) is 2.15. The molecule has 0 spiro atoms. The van der Waals surface area contributed by atoms with E-state index in [1.807, 2.05) is 102 Å². The fourth-order valence-electron chi connectivity index (χ4n) is 5.67. The van der Waals surface area contributed by atoms with Crippen LogP contribution in [0, 0.1) is 0 Å². The third-order valence-corrected chi connectivity index (χ3v) is 7.82. The Bertz CT molecular complexity index is 1830. The number of nitrogens with one attached hydrogen (secondary N) is 2. The number of nitrogens with zero attached hydrogens (tertiary/aromatic N) is 1. The van der Waals surface area contributed by atoms with Crippen molar-refractivity contribution in [2.24, 2.45) is 5.73 Å². The number of para-hydroxylation sites is 1. The van der Waals surface area contributed by atoms with Gasteiger partial charge in [0, 0.05) is 42.5 Å². The van der Waals surface area contributed by atoms with Crippen molar-refractivity contribution in [1.82, 2.24) is 15.2 Å². The van der Waals surface area contributed by atoms with Crippen LogP contribution in [0.4, 0.5) is 0 Å². The molecule has 0 saturated carbocycles. The smallest absolute Gasteiger partial charge is 0.303 e. The number of carboxylic acid groups (broad SMARTS) is 1. The average Bonchev–Trinajstić information content (AvgIpc) is 3.38. The number of aromatic nitrogens is 1. The maximum absolute atomic E-state index is 13.7. The molecule has 3 amide bonds. The van der Waals surface area contributed by atoms with Crippen LogP contribution in [0.3, 0.4) is 0 Å². The summed E-state index contributed by atoms with van der Waals surface area (Å²) in [6.45, 7) is 0.556. The predicted octanol–water partition coefficient (Wildman–Crippen LogP) is 4.80. The van der Waals surface area contributed by atoms with E-state index in [0.29, 0.717) is 18.5 Å².